The monoisotopic (exact) mass is 273 g/mol. The van der Waals surface area contributed by atoms with Gasteiger partial charge in [-0.15, -0.1) is 0 Å². The van der Waals surface area contributed by atoms with Gasteiger partial charge in [0.25, 0.3) is 0 Å². The Labute approximate surface area is 116 Å². The largest absolute Gasteiger partial charge is 0.405 e. The maximum absolute atomic E-state index is 11.3. The Hall–Kier alpha value is -2.63. The van der Waals surface area contributed by atoms with E-state index in [4.69, 9.17) is 4.74 Å². The molecule has 0 unspecified atom stereocenters. The Balaban J connectivity index is 2.56. The van der Waals surface area contributed by atoms with E-state index in [1.807, 2.05) is 30.3 Å². The Morgan fingerprint density at radius 3 is 2.40 bits per heavy atom. The molecule has 0 radical (unpaired) electrons. The van der Waals surface area contributed by atoms with Gasteiger partial charge in [0, 0.05) is 13.8 Å². The molecule has 0 bridgehead atoms. The molecule has 1 aromatic heterocycles. The standard InChI is InChI=1S/C14H15N3O3/c1-9-13(15-10(2)18)14(20-11(3)19)17(16-9)12-7-5-4-6-8-12/h4-8H,1-3H3,(H,15,18). The number of hydrogen-bond donors (Lipinski definition) is 1. The number of nitrogens with zero attached hydrogens (tertiary/aromatic N) is 2. The molecule has 0 aliphatic carbocycles. The van der Waals surface area contributed by atoms with Gasteiger partial charge in [0.05, 0.1) is 11.4 Å². The van der Waals surface area contributed by atoms with Crippen LogP contribution in [0, 0.1) is 6.92 Å². The van der Waals surface area contributed by atoms with Crippen LogP contribution in [-0.4, -0.2) is 21.7 Å². The highest BCUT2D eigenvalue weighted by molar-refractivity contribution is 5.91. The summed E-state index contributed by atoms with van der Waals surface area (Å²) in [6.45, 7) is 4.42. The van der Waals surface area contributed by atoms with Crippen molar-refractivity contribution >= 4 is 17.6 Å². The summed E-state index contributed by atoms with van der Waals surface area (Å²) in [7, 11) is 0. The van der Waals surface area contributed by atoms with Crippen molar-refractivity contribution in [2.75, 3.05) is 5.32 Å². The van der Waals surface area contributed by atoms with Crippen LogP contribution in [0.3, 0.4) is 0 Å². The van der Waals surface area contributed by atoms with E-state index in [9.17, 15) is 9.59 Å². The van der Waals surface area contributed by atoms with Crippen molar-refractivity contribution in [2.45, 2.75) is 20.8 Å². The van der Waals surface area contributed by atoms with E-state index in [2.05, 4.69) is 10.4 Å². The number of rotatable bonds is 3. The lowest BCUT2D eigenvalue weighted by molar-refractivity contribution is -0.132. The topological polar surface area (TPSA) is 73.2 Å². The summed E-state index contributed by atoms with van der Waals surface area (Å²) in [5.41, 5.74) is 1.71. The normalized spacial score (nSPS) is 10.2. The summed E-state index contributed by atoms with van der Waals surface area (Å²) in [4.78, 5) is 22.5. The Morgan fingerprint density at radius 2 is 1.85 bits per heavy atom. The van der Waals surface area contributed by atoms with Crippen molar-refractivity contribution < 1.29 is 14.3 Å². The van der Waals surface area contributed by atoms with E-state index in [0.29, 0.717) is 11.4 Å². The number of amides is 1. The van der Waals surface area contributed by atoms with Gasteiger partial charge < -0.3 is 10.1 Å². The van der Waals surface area contributed by atoms with Crippen LogP contribution in [0.2, 0.25) is 0 Å². The number of para-hydroxylation sites is 1. The maximum Gasteiger partial charge on any atom is 0.309 e. The lowest BCUT2D eigenvalue weighted by Crippen LogP contribution is -2.11. The van der Waals surface area contributed by atoms with Crippen LogP contribution in [0.4, 0.5) is 5.69 Å². The Kier molecular flexibility index (Phi) is 3.84. The lowest BCUT2D eigenvalue weighted by atomic mass is 10.3. The van der Waals surface area contributed by atoms with Crippen molar-refractivity contribution in [3.05, 3.63) is 36.0 Å². The second kappa shape index (κ2) is 5.56. The van der Waals surface area contributed by atoms with Gasteiger partial charge in [0.2, 0.25) is 11.8 Å². The Morgan fingerprint density at radius 1 is 1.20 bits per heavy atom. The molecule has 0 spiro atoms. The fourth-order valence-corrected chi connectivity index (χ4v) is 1.80. The molecule has 6 nitrogen and oxygen atoms in total. The van der Waals surface area contributed by atoms with Crippen molar-refractivity contribution in [2.24, 2.45) is 0 Å². The zero-order chi connectivity index (χ0) is 14.7. The molecule has 1 N–H and O–H groups in total. The number of esters is 1. The van der Waals surface area contributed by atoms with E-state index in [0.717, 1.165) is 5.69 Å². The molecular formula is C14H15N3O3. The average Bonchev–Trinajstić information content (AvgIpc) is 2.67. The van der Waals surface area contributed by atoms with Crippen molar-refractivity contribution in [1.29, 1.82) is 0 Å². The molecule has 0 fully saturated rings. The number of anilines is 1. The number of carbonyl (C=O) groups excluding carboxylic acids is 2. The van der Waals surface area contributed by atoms with Gasteiger partial charge in [-0.05, 0) is 19.1 Å². The fraction of sp³-hybridized carbons (Fsp3) is 0.214. The van der Waals surface area contributed by atoms with Crippen molar-refractivity contribution in [1.82, 2.24) is 9.78 Å². The predicted molar refractivity (Wildman–Crippen MR) is 73.9 cm³/mol. The van der Waals surface area contributed by atoms with Gasteiger partial charge >= 0.3 is 5.97 Å². The summed E-state index contributed by atoms with van der Waals surface area (Å²) >= 11 is 0. The third-order valence-corrected chi connectivity index (χ3v) is 2.56. The van der Waals surface area contributed by atoms with Crippen molar-refractivity contribution in [3.63, 3.8) is 0 Å². The van der Waals surface area contributed by atoms with E-state index in [-0.39, 0.29) is 11.8 Å². The van der Waals surface area contributed by atoms with Gasteiger partial charge in [-0.25, -0.2) is 0 Å². The second-order valence-corrected chi connectivity index (χ2v) is 4.29. The smallest absolute Gasteiger partial charge is 0.309 e. The van der Waals surface area contributed by atoms with Gasteiger partial charge in [-0.1, -0.05) is 18.2 Å². The summed E-state index contributed by atoms with van der Waals surface area (Å²) < 4.78 is 6.69. The summed E-state index contributed by atoms with van der Waals surface area (Å²) in [6, 6.07) is 9.23. The molecule has 2 rings (SSSR count). The molecule has 0 aliphatic rings. The fourth-order valence-electron chi connectivity index (χ4n) is 1.80. The molecule has 2 aromatic rings. The van der Waals surface area contributed by atoms with E-state index >= 15 is 0 Å². The molecule has 1 amide bonds. The molecule has 1 heterocycles. The number of nitrogens with one attached hydrogen (secondary N) is 1. The summed E-state index contributed by atoms with van der Waals surface area (Å²) in [5, 5.41) is 6.95. The predicted octanol–water partition coefficient (Wildman–Crippen LogP) is 2.06. The third kappa shape index (κ3) is 2.85. The number of carbonyl (C=O) groups is 2. The molecule has 6 heteroatoms. The van der Waals surface area contributed by atoms with Crippen LogP contribution < -0.4 is 10.1 Å². The first-order valence-corrected chi connectivity index (χ1v) is 6.10. The lowest BCUT2D eigenvalue weighted by Gasteiger charge is -2.08. The second-order valence-electron chi connectivity index (χ2n) is 4.29. The zero-order valence-electron chi connectivity index (χ0n) is 11.5. The maximum atomic E-state index is 11.3. The molecule has 1 aromatic carbocycles. The van der Waals surface area contributed by atoms with E-state index in [1.165, 1.54) is 18.5 Å². The summed E-state index contributed by atoms with van der Waals surface area (Å²) in [6.07, 6.45) is 0. The van der Waals surface area contributed by atoms with Gasteiger partial charge in [0.15, 0.2) is 0 Å². The highest BCUT2D eigenvalue weighted by Crippen LogP contribution is 2.31. The average molecular weight is 273 g/mol. The first-order valence-electron chi connectivity index (χ1n) is 6.10. The number of benzene rings is 1. The highest BCUT2D eigenvalue weighted by atomic mass is 16.5. The van der Waals surface area contributed by atoms with Gasteiger partial charge in [0.1, 0.15) is 5.69 Å². The minimum absolute atomic E-state index is 0.205. The van der Waals surface area contributed by atoms with E-state index < -0.39 is 5.97 Å². The Bertz CT molecular complexity index is 647. The van der Waals surface area contributed by atoms with Gasteiger partial charge in [-0.3, -0.25) is 9.59 Å². The molecule has 0 saturated heterocycles. The SMILES string of the molecule is CC(=O)Nc1c(C)nn(-c2ccccc2)c1OC(C)=O. The minimum Gasteiger partial charge on any atom is -0.405 e. The van der Waals surface area contributed by atoms with Crippen molar-refractivity contribution in [3.8, 4) is 11.6 Å². The quantitative estimate of drug-likeness (QED) is 0.869. The first kappa shape index (κ1) is 13.8. The first-order chi connectivity index (χ1) is 9.49. The molecule has 0 aliphatic heterocycles. The molecular weight excluding hydrogens is 258 g/mol. The molecule has 20 heavy (non-hydrogen) atoms. The van der Waals surface area contributed by atoms with Crippen LogP contribution in [0.1, 0.15) is 19.5 Å². The van der Waals surface area contributed by atoms with Crippen LogP contribution >= 0.6 is 0 Å². The third-order valence-electron chi connectivity index (χ3n) is 2.56. The number of ether oxygens (including phenoxy) is 1. The molecule has 0 atom stereocenters. The number of hydrogen-bond acceptors (Lipinski definition) is 4. The molecule has 104 valence electrons. The van der Waals surface area contributed by atoms with Crippen LogP contribution in [0.25, 0.3) is 5.69 Å². The number of aromatic nitrogens is 2. The van der Waals surface area contributed by atoms with Crippen LogP contribution in [-0.2, 0) is 9.59 Å². The molecule has 0 saturated carbocycles. The zero-order valence-corrected chi connectivity index (χ0v) is 11.5. The van der Waals surface area contributed by atoms with Gasteiger partial charge in [-0.2, -0.15) is 9.78 Å². The minimum atomic E-state index is -0.478. The van der Waals surface area contributed by atoms with E-state index in [1.54, 1.807) is 6.92 Å². The number of aryl methyl sites for hydroxylation is 1. The summed E-state index contributed by atoms with van der Waals surface area (Å²) in [5.74, 6) is -0.529. The highest BCUT2D eigenvalue weighted by Gasteiger charge is 2.20. The van der Waals surface area contributed by atoms with Crippen LogP contribution in [0.5, 0.6) is 5.88 Å². The van der Waals surface area contributed by atoms with Crippen LogP contribution in [0.15, 0.2) is 30.3 Å².